The number of piperazine rings is 1. The third-order valence-electron chi connectivity index (χ3n) is 7.40. The Bertz CT molecular complexity index is 1130. The van der Waals surface area contributed by atoms with E-state index in [2.05, 4.69) is 43.3 Å². The molecule has 2 aliphatic heterocycles. The van der Waals surface area contributed by atoms with Crippen LogP contribution in [-0.4, -0.2) is 96.0 Å². The van der Waals surface area contributed by atoms with Gasteiger partial charge in [-0.3, -0.25) is 9.69 Å². The molecule has 11 nitrogen and oxygen atoms in total. The van der Waals surface area contributed by atoms with Crippen LogP contribution in [0.25, 0.3) is 0 Å². The first-order valence-corrected chi connectivity index (χ1v) is 13.3. The van der Waals surface area contributed by atoms with E-state index in [1.54, 1.807) is 0 Å². The van der Waals surface area contributed by atoms with Gasteiger partial charge in [0.15, 0.2) is 0 Å². The predicted molar refractivity (Wildman–Crippen MR) is 147 cm³/mol. The average molecular weight is 520 g/mol. The second-order valence-corrected chi connectivity index (χ2v) is 9.91. The standard InChI is InChI=1S/C27H37N9O2/c28-9-5-21-7-11-36(12-8-21)27-32-23(19-29)24(25(30)38)26(33-27)31-22-3-1-20(2-4-22)6-10-34-13-15-35(16-14-34)17-18-37/h1-4,19,21,29,37H,5-8,10-18H2,(H2,30,38)(H,31,32,33). The molecule has 1 aromatic carbocycles. The molecule has 2 aromatic rings. The lowest BCUT2D eigenvalue weighted by atomic mass is 9.94. The van der Waals surface area contributed by atoms with E-state index in [4.69, 9.17) is 21.5 Å². The van der Waals surface area contributed by atoms with Gasteiger partial charge >= 0.3 is 0 Å². The highest BCUT2D eigenvalue weighted by atomic mass is 16.3. The number of piperidine rings is 1. The van der Waals surface area contributed by atoms with E-state index in [0.717, 1.165) is 70.4 Å². The number of nitriles is 1. The molecule has 1 amide bonds. The van der Waals surface area contributed by atoms with Crippen molar-refractivity contribution < 1.29 is 9.90 Å². The first kappa shape index (κ1) is 27.4. The zero-order valence-electron chi connectivity index (χ0n) is 21.8. The number of carbonyl (C=O) groups is 1. The van der Waals surface area contributed by atoms with Crippen LogP contribution in [0.2, 0.25) is 0 Å². The van der Waals surface area contributed by atoms with Gasteiger partial charge in [0.1, 0.15) is 17.1 Å². The SMILES string of the molecule is N#CCC1CCN(c2nc(C=N)c(C(N)=O)c(Nc3ccc(CCN4CCN(CCO)CC4)cc3)n2)CC1. The average Bonchev–Trinajstić information content (AvgIpc) is 2.93. The van der Waals surface area contributed by atoms with Gasteiger partial charge in [-0.25, -0.2) is 4.98 Å². The Morgan fingerprint density at radius 3 is 2.34 bits per heavy atom. The monoisotopic (exact) mass is 519 g/mol. The molecular formula is C27H37N9O2. The Kier molecular flexibility index (Phi) is 9.59. The molecular weight excluding hydrogens is 482 g/mol. The zero-order chi connectivity index (χ0) is 26.9. The molecule has 1 aromatic heterocycles. The molecule has 0 radical (unpaired) electrons. The number of rotatable bonds is 11. The lowest BCUT2D eigenvalue weighted by Crippen LogP contribution is -2.47. The van der Waals surface area contributed by atoms with Gasteiger partial charge in [-0.15, -0.1) is 0 Å². The fraction of sp³-hybridized carbons (Fsp3) is 0.519. The summed E-state index contributed by atoms with van der Waals surface area (Å²) in [5, 5.41) is 29.1. The lowest BCUT2D eigenvalue weighted by Gasteiger charge is -2.34. The number of aromatic nitrogens is 2. The normalized spacial score (nSPS) is 17.2. The van der Waals surface area contributed by atoms with Crippen molar-refractivity contribution in [3.63, 3.8) is 0 Å². The van der Waals surface area contributed by atoms with E-state index in [1.165, 1.54) is 5.56 Å². The molecule has 5 N–H and O–H groups in total. The maximum atomic E-state index is 12.3. The molecule has 0 spiro atoms. The highest BCUT2D eigenvalue weighted by Gasteiger charge is 2.25. The Morgan fingerprint density at radius 2 is 1.76 bits per heavy atom. The van der Waals surface area contributed by atoms with Crippen LogP contribution in [0.5, 0.6) is 0 Å². The number of hydrogen-bond donors (Lipinski definition) is 4. The highest BCUT2D eigenvalue weighted by molar-refractivity contribution is 6.04. The first-order chi connectivity index (χ1) is 18.5. The van der Waals surface area contributed by atoms with Gasteiger partial charge < -0.3 is 31.4 Å². The number of anilines is 3. The van der Waals surface area contributed by atoms with Crippen LogP contribution < -0.4 is 16.0 Å². The van der Waals surface area contributed by atoms with Crippen molar-refractivity contribution in [1.82, 2.24) is 19.8 Å². The molecule has 202 valence electrons. The quantitative estimate of drug-likeness (QED) is 0.324. The Balaban J connectivity index is 1.42. The summed E-state index contributed by atoms with van der Waals surface area (Å²) in [5.41, 5.74) is 7.91. The van der Waals surface area contributed by atoms with E-state index in [1.807, 2.05) is 17.0 Å². The smallest absolute Gasteiger partial charge is 0.254 e. The molecule has 0 aliphatic carbocycles. The number of β-amino-alcohol motifs (C(OH)–C–C–N with tert-alkyl or cyclic N) is 1. The number of carbonyl (C=O) groups excluding carboxylic acids is 1. The Hall–Kier alpha value is -3.59. The molecule has 2 fully saturated rings. The number of benzene rings is 1. The number of aliphatic hydroxyl groups excluding tert-OH is 1. The minimum absolute atomic E-state index is 0.0903. The van der Waals surface area contributed by atoms with Crippen LogP contribution in [0.15, 0.2) is 24.3 Å². The summed E-state index contributed by atoms with van der Waals surface area (Å²) >= 11 is 0. The van der Waals surface area contributed by atoms with Gasteiger partial charge in [-0.1, -0.05) is 12.1 Å². The maximum absolute atomic E-state index is 12.3. The summed E-state index contributed by atoms with van der Waals surface area (Å²) in [7, 11) is 0. The molecule has 11 heteroatoms. The summed E-state index contributed by atoms with van der Waals surface area (Å²) < 4.78 is 0. The Labute approximate surface area is 223 Å². The summed E-state index contributed by atoms with van der Waals surface area (Å²) in [5.74, 6) is 0.409. The number of nitrogens with one attached hydrogen (secondary N) is 2. The second-order valence-electron chi connectivity index (χ2n) is 9.91. The molecule has 38 heavy (non-hydrogen) atoms. The van der Waals surface area contributed by atoms with Crippen LogP contribution in [0.1, 0.15) is 40.9 Å². The summed E-state index contributed by atoms with van der Waals surface area (Å²) in [6, 6.07) is 10.3. The van der Waals surface area contributed by atoms with Crippen molar-refractivity contribution in [2.24, 2.45) is 11.7 Å². The molecule has 2 saturated heterocycles. The zero-order valence-corrected chi connectivity index (χ0v) is 21.8. The van der Waals surface area contributed by atoms with Crippen LogP contribution in [0.4, 0.5) is 17.5 Å². The summed E-state index contributed by atoms with van der Waals surface area (Å²) in [4.78, 5) is 28.1. The molecule has 0 saturated carbocycles. The van der Waals surface area contributed by atoms with E-state index < -0.39 is 5.91 Å². The third kappa shape index (κ3) is 7.04. The summed E-state index contributed by atoms with van der Waals surface area (Å²) in [6.07, 6.45) is 4.26. The van der Waals surface area contributed by atoms with E-state index in [-0.39, 0.29) is 23.7 Å². The first-order valence-electron chi connectivity index (χ1n) is 13.3. The van der Waals surface area contributed by atoms with Crippen molar-refractivity contribution in [3.8, 4) is 6.07 Å². The van der Waals surface area contributed by atoms with Gasteiger partial charge in [0, 0.05) is 70.7 Å². The largest absolute Gasteiger partial charge is 0.395 e. The number of amides is 1. The summed E-state index contributed by atoms with van der Waals surface area (Å²) in [6.45, 7) is 7.36. The van der Waals surface area contributed by atoms with Gasteiger partial charge in [0.2, 0.25) is 5.95 Å². The number of aliphatic hydroxyl groups is 1. The van der Waals surface area contributed by atoms with Crippen molar-refractivity contribution >= 4 is 29.6 Å². The predicted octanol–water partition coefficient (Wildman–Crippen LogP) is 1.60. The van der Waals surface area contributed by atoms with Crippen LogP contribution in [0, 0.1) is 22.7 Å². The fourth-order valence-corrected chi connectivity index (χ4v) is 5.07. The van der Waals surface area contributed by atoms with E-state index in [0.29, 0.717) is 31.4 Å². The van der Waals surface area contributed by atoms with Gasteiger partial charge in [0.25, 0.3) is 5.91 Å². The number of primary amides is 1. The molecule has 4 rings (SSSR count). The van der Waals surface area contributed by atoms with Crippen LogP contribution in [0.3, 0.4) is 0 Å². The molecule has 0 unspecified atom stereocenters. The maximum Gasteiger partial charge on any atom is 0.254 e. The van der Waals surface area contributed by atoms with Gasteiger partial charge in [-0.2, -0.15) is 10.2 Å². The number of nitrogens with two attached hydrogens (primary N) is 1. The molecule has 0 bridgehead atoms. The number of hydrogen-bond acceptors (Lipinski definition) is 10. The van der Waals surface area contributed by atoms with Gasteiger partial charge in [-0.05, 0) is 42.9 Å². The minimum Gasteiger partial charge on any atom is -0.395 e. The third-order valence-corrected chi connectivity index (χ3v) is 7.40. The van der Waals surface area contributed by atoms with Crippen molar-refractivity contribution in [2.45, 2.75) is 25.7 Å². The van der Waals surface area contributed by atoms with Crippen molar-refractivity contribution in [2.75, 3.05) is 69.2 Å². The van der Waals surface area contributed by atoms with Gasteiger partial charge in [0.05, 0.1) is 12.7 Å². The molecule has 3 heterocycles. The fourth-order valence-electron chi connectivity index (χ4n) is 5.07. The van der Waals surface area contributed by atoms with Crippen molar-refractivity contribution in [1.29, 1.82) is 10.7 Å². The molecule has 0 atom stereocenters. The van der Waals surface area contributed by atoms with Crippen LogP contribution >= 0.6 is 0 Å². The molecule has 2 aliphatic rings. The lowest BCUT2D eigenvalue weighted by molar-refractivity contribution is 0.100. The number of nitrogens with zero attached hydrogens (tertiary/aromatic N) is 6. The highest BCUT2D eigenvalue weighted by Crippen LogP contribution is 2.27. The van der Waals surface area contributed by atoms with Crippen molar-refractivity contribution in [3.05, 3.63) is 41.1 Å². The topological polar surface area (TPSA) is 158 Å². The Morgan fingerprint density at radius 1 is 1.11 bits per heavy atom. The van der Waals surface area contributed by atoms with Crippen LogP contribution in [-0.2, 0) is 6.42 Å². The van der Waals surface area contributed by atoms with E-state index >= 15 is 0 Å². The van der Waals surface area contributed by atoms with E-state index in [9.17, 15) is 4.79 Å². The second kappa shape index (κ2) is 13.3. The minimum atomic E-state index is -0.694.